The van der Waals surface area contributed by atoms with Crippen molar-refractivity contribution in [3.8, 4) is 0 Å². The molecular formula is C18H17FN2O2S. The highest BCUT2D eigenvalue weighted by Gasteiger charge is 2.35. The molecule has 1 saturated heterocycles. The SMILES string of the molecule is CC(=O)Nc1cccc([C@H]2SCC(=O)N2c2cc(C)ccc2F)c1. The first-order chi connectivity index (χ1) is 11.5. The van der Waals surface area contributed by atoms with E-state index in [-0.39, 0.29) is 17.2 Å². The Bertz CT molecular complexity index is 809. The lowest BCUT2D eigenvalue weighted by molar-refractivity contribution is -0.116. The van der Waals surface area contributed by atoms with Gasteiger partial charge in [0, 0.05) is 12.6 Å². The molecule has 0 aliphatic carbocycles. The van der Waals surface area contributed by atoms with Crippen LogP contribution in [0.15, 0.2) is 42.5 Å². The fourth-order valence-electron chi connectivity index (χ4n) is 2.71. The molecule has 2 amide bonds. The Kier molecular flexibility index (Phi) is 4.57. The fourth-order valence-corrected chi connectivity index (χ4v) is 3.87. The standard InChI is InChI=1S/C18H17FN2O2S/c1-11-6-7-15(19)16(8-11)21-17(23)10-24-18(21)13-4-3-5-14(9-13)20-12(2)22/h3-9,18H,10H2,1-2H3,(H,20,22)/t18-/m1/s1. The molecule has 1 heterocycles. The molecule has 2 aromatic carbocycles. The van der Waals surface area contributed by atoms with Gasteiger partial charge in [0.05, 0.1) is 11.4 Å². The van der Waals surface area contributed by atoms with Crippen LogP contribution < -0.4 is 10.2 Å². The molecule has 24 heavy (non-hydrogen) atoms. The molecule has 0 unspecified atom stereocenters. The number of anilines is 2. The van der Waals surface area contributed by atoms with Gasteiger partial charge in [0.15, 0.2) is 0 Å². The predicted octanol–water partition coefficient (Wildman–Crippen LogP) is 3.87. The van der Waals surface area contributed by atoms with Gasteiger partial charge in [-0.05, 0) is 42.3 Å². The molecular weight excluding hydrogens is 327 g/mol. The van der Waals surface area contributed by atoms with Gasteiger partial charge >= 0.3 is 0 Å². The third-order valence-corrected chi connectivity index (χ3v) is 4.93. The number of carbonyl (C=O) groups is 2. The monoisotopic (exact) mass is 344 g/mol. The minimum absolute atomic E-state index is 0.126. The van der Waals surface area contributed by atoms with Crippen LogP contribution in [0.3, 0.4) is 0 Å². The highest BCUT2D eigenvalue weighted by molar-refractivity contribution is 8.00. The van der Waals surface area contributed by atoms with Crippen LogP contribution >= 0.6 is 11.8 Å². The van der Waals surface area contributed by atoms with Crippen molar-refractivity contribution in [3.63, 3.8) is 0 Å². The topological polar surface area (TPSA) is 49.4 Å². The normalized spacial score (nSPS) is 17.2. The second kappa shape index (κ2) is 6.65. The summed E-state index contributed by atoms with van der Waals surface area (Å²) in [6, 6.07) is 12.0. The van der Waals surface area contributed by atoms with Crippen molar-refractivity contribution in [3.05, 3.63) is 59.4 Å². The number of hydrogen-bond donors (Lipinski definition) is 1. The van der Waals surface area contributed by atoms with Gasteiger partial charge < -0.3 is 5.32 Å². The Hall–Kier alpha value is -2.34. The van der Waals surface area contributed by atoms with Crippen molar-refractivity contribution in [1.29, 1.82) is 0 Å². The van der Waals surface area contributed by atoms with E-state index in [0.29, 0.717) is 17.1 Å². The van der Waals surface area contributed by atoms with Gasteiger partial charge in [-0.2, -0.15) is 0 Å². The number of rotatable bonds is 3. The van der Waals surface area contributed by atoms with E-state index in [1.165, 1.54) is 29.7 Å². The first-order valence-electron chi connectivity index (χ1n) is 7.53. The molecule has 1 fully saturated rings. The van der Waals surface area contributed by atoms with E-state index in [4.69, 9.17) is 0 Å². The van der Waals surface area contributed by atoms with Gasteiger partial charge in [0.2, 0.25) is 11.8 Å². The molecule has 6 heteroatoms. The zero-order chi connectivity index (χ0) is 17.3. The van der Waals surface area contributed by atoms with Crippen molar-refractivity contribution >= 4 is 35.0 Å². The minimum atomic E-state index is -0.417. The highest BCUT2D eigenvalue weighted by atomic mass is 32.2. The molecule has 0 aromatic heterocycles. The van der Waals surface area contributed by atoms with Crippen LogP contribution in [0, 0.1) is 12.7 Å². The molecule has 0 bridgehead atoms. The van der Waals surface area contributed by atoms with E-state index < -0.39 is 5.82 Å². The van der Waals surface area contributed by atoms with Crippen molar-refractivity contribution in [2.45, 2.75) is 19.2 Å². The number of halogens is 1. The van der Waals surface area contributed by atoms with E-state index in [1.807, 2.05) is 25.1 Å². The quantitative estimate of drug-likeness (QED) is 0.919. The Morgan fingerprint density at radius 2 is 2.08 bits per heavy atom. The van der Waals surface area contributed by atoms with E-state index in [2.05, 4.69) is 5.32 Å². The Labute approximate surface area is 144 Å². The Morgan fingerprint density at radius 1 is 1.29 bits per heavy atom. The summed E-state index contributed by atoms with van der Waals surface area (Å²) in [5, 5.41) is 2.41. The van der Waals surface area contributed by atoms with Gasteiger partial charge in [0.1, 0.15) is 11.2 Å². The summed E-state index contributed by atoms with van der Waals surface area (Å²) >= 11 is 1.45. The maximum Gasteiger partial charge on any atom is 0.238 e. The Morgan fingerprint density at radius 3 is 2.83 bits per heavy atom. The van der Waals surface area contributed by atoms with Gasteiger partial charge in [-0.25, -0.2) is 4.39 Å². The molecule has 1 atom stereocenters. The van der Waals surface area contributed by atoms with Crippen molar-refractivity contribution < 1.29 is 14.0 Å². The summed E-state index contributed by atoms with van der Waals surface area (Å²) in [4.78, 5) is 25.1. The molecule has 3 rings (SSSR count). The van der Waals surface area contributed by atoms with Crippen LogP contribution in [0.4, 0.5) is 15.8 Å². The van der Waals surface area contributed by atoms with Gasteiger partial charge in [0.25, 0.3) is 0 Å². The summed E-state index contributed by atoms with van der Waals surface area (Å²) < 4.78 is 14.3. The zero-order valence-electron chi connectivity index (χ0n) is 13.4. The predicted molar refractivity (Wildman–Crippen MR) is 94.6 cm³/mol. The molecule has 4 nitrogen and oxygen atoms in total. The largest absolute Gasteiger partial charge is 0.326 e. The van der Waals surface area contributed by atoms with Gasteiger partial charge in [-0.1, -0.05) is 18.2 Å². The van der Waals surface area contributed by atoms with Crippen molar-refractivity contribution in [2.75, 3.05) is 16.0 Å². The second-order valence-electron chi connectivity index (χ2n) is 5.69. The van der Waals surface area contributed by atoms with Crippen LogP contribution in [0.25, 0.3) is 0 Å². The van der Waals surface area contributed by atoms with Crippen LogP contribution in [0.2, 0.25) is 0 Å². The number of benzene rings is 2. The second-order valence-corrected chi connectivity index (χ2v) is 6.76. The highest BCUT2D eigenvalue weighted by Crippen LogP contribution is 2.43. The average Bonchev–Trinajstić information content (AvgIpc) is 2.91. The molecule has 0 saturated carbocycles. The zero-order valence-corrected chi connectivity index (χ0v) is 14.2. The Balaban J connectivity index is 1.99. The molecule has 1 aliphatic heterocycles. The number of amides is 2. The molecule has 124 valence electrons. The number of aryl methyl sites for hydroxylation is 1. The lowest BCUT2D eigenvalue weighted by Crippen LogP contribution is -2.28. The summed E-state index contributed by atoms with van der Waals surface area (Å²) in [7, 11) is 0. The third-order valence-electron chi connectivity index (χ3n) is 3.72. The van der Waals surface area contributed by atoms with E-state index in [0.717, 1.165) is 11.1 Å². The van der Waals surface area contributed by atoms with E-state index in [1.54, 1.807) is 18.2 Å². The number of nitrogens with zero attached hydrogens (tertiary/aromatic N) is 1. The molecule has 0 radical (unpaired) electrons. The average molecular weight is 344 g/mol. The summed E-state index contributed by atoms with van der Waals surface area (Å²) in [5.41, 5.74) is 2.68. The lowest BCUT2D eigenvalue weighted by atomic mass is 10.1. The maximum absolute atomic E-state index is 14.3. The molecule has 2 aromatic rings. The van der Waals surface area contributed by atoms with Crippen molar-refractivity contribution in [1.82, 2.24) is 0 Å². The number of carbonyl (C=O) groups excluding carboxylic acids is 2. The lowest BCUT2D eigenvalue weighted by Gasteiger charge is -2.25. The molecule has 1 N–H and O–H groups in total. The van der Waals surface area contributed by atoms with E-state index in [9.17, 15) is 14.0 Å². The number of hydrogen-bond acceptors (Lipinski definition) is 3. The smallest absolute Gasteiger partial charge is 0.238 e. The summed E-state index contributed by atoms with van der Waals surface area (Å²) in [6.07, 6.45) is 0. The summed E-state index contributed by atoms with van der Waals surface area (Å²) in [6.45, 7) is 3.30. The third kappa shape index (κ3) is 3.28. The minimum Gasteiger partial charge on any atom is -0.326 e. The van der Waals surface area contributed by atoms with Crippen LogP contribution in [-0.4, -0.2) is 17.6 Å². The maximum atomic E-state index is 14.3. The molecule has 0 spiro atoms. The van der Waals surface area contributed by atoms with Crippen LogP contribution in [-0.2, 0) is 9.59 Å². The van der Waals surface area contributed by atoms with Crippen molar-refractivity contribution in [2.24, 2.45) is 0 Å². The van der Waals surface area contributed by atoms with Gasteiger partial charge in [-0.3, -0.25) is 14.5 Å². The first kappa shape index (κ1) is 16.5. The number of nitrogens with one attached hydrogen (secondary N) is 1. The van der Waals surface area contributed by atoms with Crippen LogP contribution in [0.5, 0.6) is 0 Å². The van der Waals surface area contributed by atoms with E-state index >= 15 is 0 Å². The molecule has 1 aliphatic rings. The summed E-state index contributed by atoms with van der Waals surface area (Å²) in [5.74, 6) is -0.412. The van der Waals surface area contributed by atoms with Gasteiger partial charge in [-0.15, -0.1) is 11.8 Å². The fraction of sp³-hybridized carbons (Fsp3) is 0.222. The van der Waals surface area contributed by atoms with Crippen LogP contribution in [0.1, 0.15) is 23.4 Å². The first-order valence-corrected chi connectivity index (χ1v) is 8.58. The number of thioether (sulfide) groups is 1.